The molecule has 0 aromatic carbocycles. The Bertz CT molecular complexity index is 284. The zero-order valence-electron chi connectivity index (χ0n) is 19.1. The zero-order valence-corrected chi connectivity index (χ0v) is 19.1. The average Bonchev–Trinajstić information content (AvgIpc) is 2.65. The highest BCUT2D eigenvalue weighted by atomic mass is 16.5. The van der Waals surface area contributed by atoms with Crippen molar-refractivity contribution in [2.75, 3.05) is 19.8 Å². The van der Waals surface area contributed by atoms with Crippen LogP contribution in [0.3, 0.4) is 0 Å². The van der Waals surface area contributed by atoms with Crippen molar-refractivity contribution < 1.29 is 19.7 Å². The third-order valence-electron chi connectivity index (χ3n) is 3.79. The lowest BCUT2D eigenvalue weighted by Crippen LogP contribution is -2.13. The average molecular weight is 401 g/mol. The number of ether oxygens (including phenoxy) is 2. The Labute approximate surface area is 175 Å². The molecule has 4 heteroatoms. The van der Waals surface area contributed by atoms with E-state index in [9.17, 15) is 0 Å². The first-order valence-electron chi connectivity index (χ1n) is 10.9. The van der Waals surface area contributed by atoms with Crippen LogP contribution in [0.25, 0.3) is 0 Å². The fraction of sp³-hybridized carbons (Fsp3) is 0.750. The van der Waals surface area contributed by atoms with E-state index in [0.717, 1.165) is 45.1 Å². The van der Waals surface area contributed by atoms with E-state index in [0.29, 0.717) is 19.1 Å². The normalized spacial score (nSPS) is 13.1. The molecule has 3 atom stereocenters. The molecule has 0 aliphatic rings. The maximum atomic E-state index is 8.98. The quantitative estimate of drug-likeness (QED) is 0.319. The second-order valence-corrected chi connectivity index (χ2v) is 6.47. The Morgan fingerprint density at radius 1 is 0.714 bits per heavy atom. The Morgan fingerprint density at radius 3 is 1.46 bits per heavy atom. The number of aliphatic hydroxyl groups is 2. The van der Waals surface area contributed by atoms with E-state index in [1.807, 2.05) is 26.0 Å². The standard InChI is InChI=1S/C9H18O.C8H16O2.C7H14O/c1-4-7-9(8-5-2)10-6-3;1-3-5-8(6-7-9)10-4-2;1-3-5-7(8)6-4-2/h4,9H,1,5-8H2,2-3H3;3,8-9H,1,4-7H2,2H3;3,7-8H,1,4-6H2,2H3. The van der Waals surface area contributed by atoms with Crippen molar-refractivity contribution in [1.82, 2.24) is 0 Å². The minimum absolute atomic E-state index is 0.155. The molecule has 2 N–H and O–H groups in total. The fourth-order valence-corrected chi connectivity index (χ4v) is 2.49. The molecule has 0 aromatic heterocycles. The minimum atomic E-state index is -0.155. The second-order valence-electron chi connectivity index (χ2n) is 6.47. The van der Waals surface area contributed by atoms with Crippen LogP contribution in [0.15, 0.2) is 38.0 Å². The van der Waals surface area contributed by atoms with Crippen LogP contribution in [-0.4, -0.2) is 48.3 Å². The summed E-state index contributed by atoms with van der Waals surface area (Å²) in [6, 6.07) is 0. The monoisotopic (exact) mass is 400 g/mol. The highest BCUT2D eigenvalue weighted by molar-refractivity contribution is 4.73. The van der Waals surface area contributed by atoms with E-state index >= 15 is 0 Å². The van der Waals surface area contributed by atoms with Crippen LogP contribution < -0.4 is 0 Å². The molecule has 0 aliphatic heterocycles. The van der Waals surface area contributed by atoms with Gasteiger partial charge in [-0.05, 0) is 52.4 Å². The van der Waals surface area contributed by atoms with Gasteiger partial charge in [-0.25, -0.2) is 0 Å². The summed E-state index contributed by atoms with van der Waals surface area (Å²) in [7, 11) is 0. The predicted octanol–water partition coefficient (Wildman–Crippen LogP) is 5.84. The van der Waals surface area contributed by atoms with E-state index in [1.54, 1.807) is 6.08 Å². The van der Waals surface area contributed by atoms with Gasteiger partial charge in [-0.2, -0.15) is 0 Å². The van der Waals surface area contributed by atoms with Gasteiger partial charge in [0.15, 0.2) is 0 Å². The van der Waals surface area contributed by atoms with Gasteiger partial charge in [0.25, 0.3) is 0 Å². The summed E-state index contributed by atoms with van der Waals surface area (Å²) in [5, 5.41) is 17.6. The summed E-state index contributed by atoms with van der Waals surface area (Å²) in [6.45, 7) is 20.8. The molecule has 0 fully saturated rings. The summed E-state index contributed by atoms with van der Waals surface area (Å²) in [5.41, 5.74) is 0. The molecule has 0 heterocycles. The van der Waals surface area contributed by atoms with Gasteiger partial charge in [0.2, 0.25) is 0 Å². The lowest BCUT2D eigenvalue weighted by molar-refractivity contribution is 0.0462. The van der Waals surface area contributed by atoms with E-state index in [1.165, 1.54) is 6.42 Å². The van der Waals surface area contributed by atoms with E-state index in [4.69, 9.17) is 19.7 Å². The molecule has 3 unspecified atom stereocenters. The van der Waals surface area contributed by atoms with Crippen molar-refractivity contribution in [3.8, 4) is 0 Å². The lowest BCUT2D eigenvalue weighted by Gasteiger charge is -2.12. The van der Waals surface area contributed by atoms with Crippen molar-refractivity contribution in [3.63, 3.8) is 0 Å². The lowest BCUT2D eigenvalue weighted by atomic mass is 10.1. The van der Waals surface area contributed by atoms with E-state index in [2.05, 4.69) is 33.6 Å². The molecule has 168 valence electrons. The molecule has 28 heavy (non-hydrogen) atoms. The Morgan fingerprint density at radius 2 is 1.14 bits per heavy atom. The van der Waals surface area contributed by atoms with Crippen molar-refractivity contribution in [2.24, 2.45) is 0 Å². The molecular weight excluding hydrogens is 352 g/mol. The third-order valence-corrected chi connectivity index (χ3v) is 3.79. The van der Waals surface area contributed by atoms with Crippen LogP contribution in [0.1, 0.15) is 79.1 Å². The number of rotatable bonds is 16. The highest BCUT2D eigenvalue weighted by Crippen LogP contribution is 2.06. The number of hydrogen-bond donors (Lipinski definition) is 2. The summed E-state index contributed by atoms with van der Waals surface area (Å²) >= 11 is 0. The molecular formula is C24H48O4. The summed E-state index contributed by atoms with van der Waals surface area (Å²) in [5.74, 6) is 0. The summed E-state index contributed by atoms with van der Waals surface area (Å²) in [6.07, 6.45) is 13.5. The predicted molar refractivity (Wildman–Crippen MR) is 123 cm³/mol. The van der Waals surface area contributed by atoms with Gasteiger partial charge in [0.1, 0.15) is 0 Å². The smallest absolute Gasteiger partial charge is 0.0631 e. The highest BCUT2D eigenvalue weighted by Gasteiger charge is 2.04. The molecule has 0 radical (unpaired) electrons. The van der Waals surface area contributed by atoms with Crippen LogP contribution in [0, 0.1) is 0 Å². The van der Waals surface area contributed by atoms with Gasteiger partial charge >= 0.3 is 0 Å². The van der Waals surface area contributed by atoms with Gasteiger partial charge < -0.3 is 19.7 Å². The molecule has 4 nitrogen and oxygen atoms in total. The van der Waals surface area contributed by atoms with Crippen molar-refractivity contribution in [1.29, 1.82) is 0 Å². The molecule has 0 rings (SSSR count). The zero-order chi connectivity index (χ0) is 22.0. The van der Waals surface area contributed by atoms with Crippen LogP contribution in [0.2, 0.25) is 0 Å². The Hall–Kier alpha value is -0.940. The molecule has 0 spiro atoms. The first-order chi connectivity index (χ1) is 13.5. The Balaban J connectivity index is -0.000000337. The molecule has 0 aliphatic carbocycles. The van der Waals surface area contributed by atoms with Crippen LogP contribution in [0.5, 0.6) is 0 Å². The molecule has 0 amide bonds. The first-order valence-corrected chi connectivity index (χ1v) is 10.9. The molecule has 0 bridgehead atoms. The van der Waals surface area contributed by atoms with Crippen LogP contribution in [-0.2, 0) is 9.47 Å². The van der Waals surface area contributed by atoms with Crippen molar-refractivity contribution >= 4 is 0 Å². The van der Waals surface area contributed by atoms with Crippen LogP contribution >= 0.6 is 0 Å². The van der Waals surface area contributed by atoms with E-state index in [-0.39, 0.29) is 18.8 Å². The summed E-state index contributed by atoms with van der Waals surface area (Å²) in [4.78, 5) is 0. The maximum Gasteiger partial charge on any atom is 0.0631 e. The van der Waals surface area contributed by atoms with Gasteiger partial charge in [0, 0.05) is 19.8 Å². The van der Waals surface area contributed by atoms with Gasteiger partial charge in [-0.1, -0.05) is 44.9 Å². The molecule has 0 saturated heterocycles. The fourth-order valence-electron chi connectivity index (χ4n) is 2.49. The second kappa shape index (κ2) is 28.3. The largest absolute Gasteiger partial charge is 0.396 e. The van der Waals surface area contributed by atoms with Gasteiger partial charge in [-0.15, -0.1) is 19.7 Å². The maximum absolute atomic E-state index is 8.98. The Kier molecular flexibility index (Phi) is 32.1. The molecule has 0 saturated carbocycles. The topological polar surface area (TPSA) is 58.9 Å². The minimum Gasteiger partial charge on any atom is -0.396 e. The van der Waals surface area contributed by atoms with Gasteiger partial charge in [0.05, 0.1) is 18.3 Å². The third kappa shape index (κ3) is 27.3. The van der Waals surface area contributed by atoms with Crippen molar-refractivity contribution in [3.05, 3.63) is 38.0 Å². The molecule has 0 aromatic rings. The SMILES string of the molecule is C=CCC(CCC)OCC.C=CCC(CCO)OCC.C=CCC(O)CCC. The van der Waals surface area contributed by atoms with Crippen LogP contribution in [0.4, 0.5) is 0 Å². The number of hydrogen-bond acceptors (Lipinski definition) is 4. The van der Waals surface area contributed by atoms with Crippen molar-refractivity contribution in [2.45, 2.75) is 97.4 Å². The van der Waals surface area contributed by atoms with Gasteiger partial charge in [-0.3, -0.25) is 0 Å². The van der Waals surface area contributed by atoms with E-state index < -0.39 is 0 Å². The first kappa shape index (κ1) is 31.7. The summed E-state index contributed by atoms with van der Waals surface area (Å²) < 4.78 is 10.7. The number of aliphatic hydroxyl groups excluding tert-OH is 2.